The lowest BCUT2D eigenvalue weighted by molar-refractivity contribution is 0.0264. The minimum Gasteiger partial charge on any atom is -0.381 e. The van der Waals surface area contributed by atoms with Crippen molar-refractivity contribution in [3.05, 3.63) is 47.3 Å². The minimum atomic E-state index is -0.191. The van der Waals surface area contributed by atoms with Crippen LogP contribution in [0.25, 0.3) is 0 Å². The van der Waals surface area contributed by atoms with Gasteiger partial charge in [-0.3, -0.25) is 9.58 Å². The van der Waals surface area contributed by atoms with Gasteiger partial charge in [-0.05, 0) is 43.4 Å². The predicted octanol–water partition coefficient (Wildman–Crippen LogP) is 3.01. The minimum absolute atomic E-state index is 0.191. The number of aromatic nitrogens is 3. The highest BCUT2D eigenvalue weighted by atomic mass is 19.1. The first-order valence-corrected chi connectivity index (χ1v) is 9.15. The highest BCUT2D eigenvalue weighted by Crippen LogP contribution is 2.38. The fourth-order valence-corrected chi connectivity index (χ4v) is 3.46. The van der Waals surface area contributed by atoms with Crippen LogP contribution >= 0.6 is 0 Å². The van der Waals surface area contributed by atoms with Gasteiger partial charge in [0.25, 0.3) is 0 Å². The van der Waals surface area contributed by atoms with Crippen molar-refractivity contribution in [3.8, 4) is 0 Å². The molecule has 2 aliphatic rings. The molecule has 134 valence electrons. The molecule has 0 atom stereocenters. The van der Waals surface area contributed by atoms with Gasteiger partial charge in [0.05, 0.1) is 6.54 Å². The number of halogens is 1. The lowest BCUT2D eigenvalue weighted by Crippen LogP contribution is -2.39. The third-order valence-corrected chi connectivity index (χ3v) is 5.16. The molecule has 1 saturated carbocycles. The molecule has 2 fully saturated rings. The molecular formula is C19H25FN4O. The van der Waals surface area contributed by atoms with Gasteiger partial charge in [-0.15, -0.1) is 0 Å². The Morgan fingerprint density at radius 3 is 2.52 bits per heavy atom. The molecule has 2 heterocycles. The van der Waals surface area contributed by atoms with Crippen molar-refractivity contribution in [2.24, 2.45) is 7.05 Å². The van der Waals surface area contributed by atoms with Crippen molar-refractivity contribution >= 4 is 0 Å². The fraction of sp³-hybridized carbons (Fsp3) is 0.579. The molecule has 1 aliphatic heterocycles. The second-order valence-electron chi connectivity index (χ2n) is 7.16. The molecule has 0 radical (unpaired) electrons. The van der Waals surface area contributed by atoms with Crippen LogP contribution in [0.4, 0.5) is 4.39 Å². The van der Waals surface area contributed by atoms with E-state index in [1.54, 1.807) is 0 Å². The molecule has 0 bridgehead atoms. The molecule has 2 aromatic rings. The average Bonchev–Trinajstić information content (AvgIpc) is 3.41. The summed E-state index contributed by atoms with van der Waals surface area (Å²) >= 11 is 0. The second-order valence-corrected chi connectivity index (χ2v) is 7.16. The lowest BCUT2D eigenvalue weighted by Gasteiger charge is -2.34. The van der Waals surface area contributed by atoms with Crippen LogP contribution in [0.15, 0.2) is 24.3 Å². The van der Waals surface area contributed by atoms with Gasteiger partial charge >= 0.3 is 0 Å². The van der Waals surface area contributed by atoms with E-state index in [-0.39, 0.29) is 5.82 Å². The SMILES string of the molecule is Cn1nc(C2CC2)nc1CN(Cc1ccc(F)cc1)C1CCOCC1. The van der Waals surface area contributed by atoms with Crippen LogP contribution in [0.3, 0.4) is 0 Å². The van der Waals surface area contributed by atoms with Crippen LogP contribution in [-0.2, 0) is 24.9 Å². The maximum absolute atomic E-state index is 13.2. The predicted molar refractivity (Wildman–Crippen MR) is 92.5 cm³/mol. The number of nitrogens with zero attached hydrogens (tertiary/aromatic N) is 4. The summed E-state index contributed by atoms with van der Waals surface area (Å²) in [6.45, 7) is 3.16. The molecule has 1 saturated heterocycles. The van der Waals surface area contributed by atoms with Crippen molar-refractivity contribution in [3.63, 3.8) is 0 Å². The zero-order chi connectivity index (χ0) is 17.2. The van der Waals surface area contributed by atoms with Gasteiger partial charge in [0.1, 0.15) is 11.6 Å². The summed E-state index contributed by atoms with van der Waals surface area (Å²) in [5, 5.41) is 4.59. The molecule has 0 unspecified atom stereocenters. The van der Waals surface area contributed by atoms with Crippen molar-refractivity contribution in [2.45, 2.75) is 50.7 Å². The smallest absolute Gasteiger partial charge is 0.154 e. The molecule has 4 rings (SSSR count). The quantitative estimate of drug-likeness (QED) is 0.808. The number of aryl methyl sites for hydroxylation is 1. The summed E-state index contributed by atoms with van der Waals surface area (Å²) in [4.78, 5) is 7.22. The van der Waals surface area contributed by atoms with Crippen molar-refractivity contribution < 1.29 is 9.13 Å². The molecule has 1 aromatic heterocycles. The normalized spacial score (nSPS) is 18.8. The van der Waals surface area contributed by atoms with Gasteiger partial charge in [-0.1, -0.05) is 12.1 Å². The van der Waals surface area contributed by atoms with Gasteiger partial charge in [0, 0.05) is 38.8 Å². The fourth-order valence-electron chi connectivity index (χ4n) is 3.46. The first-order valence-electron chi connectivity index (χ1n) is 9.15. The van der Waals surface area contributed by atoms with Crippen LogP contribution in [0.1, 0.15) is 48.8 Å². The van der Waals surface area contributed by atoms with E-state index in [0.29, 0.717) is 12.0 Å². The molecule has 5 nitrogen and oxygen atoms in total. The number of rotatable bonds is 6. The Balaban J connectivity index is 1.52. The zero-order valence-corrected chi connectivity index (χ0v) is 14.7. The topological polar surface area (TPSA) is 43.2 Å². The number of benzene rings is 1. The Kier molecular flexibility index (Phi) is 4.81. The molecule has 1 aromatic carbocycles. The van der Waals surface area contributed by atoms with Crippen LogP contribution < -0.4 is 0 Å². The first-order chi connectivity index (χ1) is 12.2. The summed E-state index contributed by atoms with van der Waals surface area (Å²) in [7, 11) is 1.98. The van der Waals surface area contributed by atoms with E-state index in [9.17, 15) is 4.39 Å². The zero-order valence-electron chi connectivity index (χ0n) is 14.7. The van der Waals surface area contributed by atoms with E-state index in [2.05, 4.69) is 10.00 Å². The maximum Gasteiger partial charge on any atom is 0.154 e. The highest BCUT2D eigenvalue weighted by Gasteiger charge is 2.29. The van der Waals surface area contributed by atoms with Gasteiger partial charge in [-0.2, -0.15) is 5.10 Å². The largest absolute Gasteiger partial charge is 0.381 e. The highest BCUT2D eigenvalue weighted by molar-refractivity contribution is 5.16. The average molecular weight is 344 g/mol. The number of ether oxygens (including phenoxy) is 1. The Morgan fingerprint density at radius 1 is 1.12 bits per heavy atom. The molecule has 0 spiro atoms. The third-order valence-electron chi connectivity index (χ3n) is 5.16. The van der Waals surface area contributed by atoms with E-state index in [4.69, 9.17) is 9.72 Å². The van der Waals surface area contributed by atoms with Gasteiger partial charge in [-0.25, -0.2) is 9.37 Å². The third kappa shape index (κ3) is 4.07. The van der Waals surface area contributed by atoms with Gasteiger partial charge in [0.15, 0.2) is 5.82 Å². The maximum atomic E-state index is 13.2. The Morgan fingerprint density at radius 2 is 1.84 bits per heavy atom. The molecule has 6 heteroatoms. The summed E-state index contributed by atoms with van der Waals surface area (Å²) in [6.07, 6.45) is 4.47. The monoisotopic (exact) mass is 344 g/mol. The summed E-state index contributed by atoms with van der Waals surface area (Å²) in [5.74, 6) is 2.37. The summed E-state index contributed by atoms with van der Waals surface area (Å²) < 4.78 is 20.7. The Bertz CT molecular complexity index is 705. The van der Waals surface area contributed by atoms with E-state index >= 15 is 0 Å². The molecule has 25 heavy (non-hydrogen) atoms. The molecule has 0 amide bonds. The summed E-state index contributed by atoms with van der Waals surface area (Å²) in [6, 6.07) is 7.26. The van der Waals surface area contributed by atoms with E-state index in [1.807, 2.05) is 23.9 Å². The second kappa shape index (κ2) is 7.22. The summed E-state index contributed by atoms with van der Waals surface area (Å²) in [5.41, 5.74) is 1.12. The molecule has 1 aliphatic carbocycles. The van der Waals surface area contributed by atoms with Crippen molar-refractivity contribution in [1.82, 2.24) is 19.7 Å². The van der Waals surface area contributed by atoms with E-state index in [1.165, 1.54) is 25.0 Å². The van der Waals surface area contributed by atoms with Gasteiger partial charge < -0.3 is 4.74 Å². The van der Waals surface area contributed by atoms with Crippen molar-refractivity contribution in [2.75, 3.05) is 13.2 Å². The van der Waals surface area contributed by atoms with Gasteiger partial charge in [0.2, 0.25) is 0 Å². The Hall–Kier alpha value is -1.79. The van der Waals surface area contributed by atoms with Crippen LogP contribution in [0, 0.1) is 5.82 Å². The van der Waals surface area contributed by atoms with E-state index < -0.39 is 0 Å². The van der Waals surface area contributed by atoms with Crippen LogP contribution in [-0.4, -0.2) is 38.9 Å². The van der Waals surface area contributed by atoms with Crippen LogP contribution in [0.2, 0.25) is 0 Å². The molecular weight excluding hydrogens is 319 g/mol. The molecule has 0 N–H and O–H groups in total. The van der Waals surface area contributed by atoms with Crippen LogP contribution in [0.5, 0.6) is 0 Å². The number of hydrogen-bond acceptors (Lipinski definition) is 4. The van der Waals surface area contributed by atoms with Crippen molar-refractivity contribution in [1.29, 1.82) is 0 Å². The Labute approximate surface area is 147 Å². The number of hydrogen-bond donors (Lipinski definition) is 0. The first kappa shape index (κ1) is 16.7. The van der Waals surface area contributed by atoms with E-state index in [0.717, 1.165) is 56.4 Å². The standard InChI is InChI=1S/C19H25FN4O/c1-23-18(21-19(22-23)15-4-5-15)13-24(17-8-10-25-11-9-17)12-14-2-6-16(20)7-3-14/h2-3,6-7,15,17H,4-5,8-13H2,1H3. The lowest BCUT2D eigenvalue weighted by atomic mass is 10.1.